The van der Waals surface area contributed by atoms with Gasteiger partial charge in [0.05, 0.1) is 6.42 Å². The van der Waals surface area contributed by atoms with Gasteiger partial charge in [-0.1, -0.05) is 67.9 Å². The predicted molar refractivity (Wildman–Crippen MR) is 119 cm³/mol. The predicted octanol–water partition coefficient (Wildman–Crippen LogP) is 4.57. The number of rotatable bonds is 9. The Kier molecular flexibility index (Phi) is 8.44. The first-order chi connectivity index (χ1) is 13.8. The largest absolute Gasteiger partial charge is 0.352 e. The Morgan fingerprint density at radius 1 is 1.00 bits per heavy atom. The zero-order valence-electron chi connectivity index (χ0n) is 18.4. The van der Waals surface area contributed by atoms with Crippen LogP contribution in [0.2, 0.25) is 0 Å². The molecule has 2 rings (SSSR count). The highest BCUT2D eigenvalue weighted by Gasteiger charge is 2.29. The Morgan fingerprint density at radius 3 is 2.31 bits per heavy atom. The molecule has 0 aliphatic carbocycles. The SMILES string of the molecule is CC[C@H](C)NC(=O)[C@H](CC)N(Cc1ccccc1)C(=O)Cc1cc(C)ccc1C. The summed E-state index contributed by atoms with van der Waals surface area (Å²) in [4.78, 5) is 28.1. The summed E-state index contributed by atoms with van der Waals surface area (Å²) in [6.07, 6.45) is 1.73. The van der Waals surface area contributed by atoms with E-state index < -0.39 is 6.04 Å². The third-order valence-corrected chi connectivity index (χ3v) is 5.43. The van der Waals surface area contributed by atoms with Gasteiger partial charge in [0.1, 0.15) is 6.04 Å². The van der Waals surface area contributed by atoms with Crippen molar-refractivity contribution in [1.82, 2.24) is 10.2 Å². The third kappa shape index (κ3) is 6.45. The fourth-order valence-corrected chi connectivity index (χ4v) is 3.40. The number of amides is 2. The molecule has 0 saturated heterocycles. The van der Waals surface area contributed by atoms with Gasteiger partial charge >= 0.3 is 0 Å². The molecule has 0 fully saturated rings. The van der Waals surface area contributed by atoms with Gasteiger partial charge in [0.15, 0.2) is 0 Å². The van der Waals surface area contributed by atoms with Crippen LogP contribution in [0.5, 0.6) is 0 Å². The Bertz CT molecular complexity index is 817. The minimum Gasteiger partial charge on any atom is -0.352 e. The molecule has 0 heterocycles. The van der Waals surface area contributed by atoms with Gasteiger partial charge in [-0.2, -0.15) is 0 Å². The van der Waals surface area contributed by atoms with Crippen molar-refractivity contribution >= 4 is 11.8 Å². The topological polar surface area (TPSA) is 49.4 Å². The van der Waals surface area contributed by atoms with Crippen molar-refractivity contribution in [2.45, 2.75) is 72.5 Å². The molecule has 0 aliphatic rings. The Labute approximate surface area is 175 Å². The molecule has 4 nitrogen and oxygen atoms in total. The van der Waals surface area contributed by atoms with Crippen molar-refractivity contribution in [1.29, 1.82) is 0 Å². The van der Waals surface area contributed by atoms with Crippen molar-refractivity contribution in [2.24, 2.45) is 0 Å². The molecular weight excluding hydrogens is 360 g/mol. The number of nitrogens with zero attached hydrogens (tertiary/aromatic N) is 1. The monoisotopic (exact) mass is 394 g/mol. The molecule has 29 heavy (non-hydrogen) atoms. The van der Waals surface area contributed by atoms with Crippen molar-refractivity contribution in [3.63, 3.8) is 0 Å². The van der Waals surface area contributed by atoms with Gasteiger partial charge in [-0.3, -0.25) is 9.59 Å². The lowest BCUT2D eigenvalue weighted by molar-refractivity contribution is -0.141. The second-order valence-corrected chi connectivity index (χ2v) is 7.86. The van der Waals surface area contributed by atoms with E-state index >= 15 is 0 Å². The summed E-state index contributed by atoms with van der Waals surface area (Å²) in [7, 11) is 0. The molecule has 2 aromatic carbocycles. The molecule has 0 bridgehead atoms. The normalized spacial score (nSPS) is 12.9. The molecule has 1 N–H and O–H groups in total. The molecule has 0 unspecified atom stereocenters. The smallest absolute Gasteiger partial charge is 0.243 e. The lowest BCUT2D eigenvalue weighted by Gasteiger charge is -2.31. The van der Waals surface area contributed by atoms with Gasteiger partial charge < -0.3 is 10.2 Å². The molecule has 0 saturated carbocycles. The number of carbonyl (C=O) groups is 2. The number of carbonyl (C=O) groups excluding carboxylic acids is 2. The van der Waals surface area contributed by atoms with Gasteiger partial charge in [0.25, 0.3) is 0 Å². The van der Waals surface area contributed by atoms with E-state index in [9.17, 15) is 9.59 Å². The maximum absolute atomic E-state index is 13.4. The summed E-state index contributed by atoms with van der Waals surface area (Å²) in [5.41, 5.74) is 4.28. The highest BCUT2D eigenvalue weighted by Crippen LogP contribution is 2.17. The maximum atomic E-state index is 13.4. The lowest BCUT2D eigenvalue weighted by atomic mass is 10.0. The summed E-state index contributed by atoms with van der Waals surface area (Å²) < 4.78 is 0. The van der Waals surface area contributed by atoms with Crippen LogP contribution in [-0.2, 0) is 22.6 Å². The Balaban J connectivity index is 2.30. The quantitative estimate of drug-likeness (QED) is 0.677. The average molecular weight is 395 g/mol. The summed E-state index contributed by atoms with van der Waals surface area (Å²) >= 11 is 0. The van der Waals surface area contributed by atoms with Crippen LogP contribution in [-0.4, -0.2) is 28.8 Å². The van der Waals surface area contributed by atoms with Crippen LogP contribution < -0.4 is 5.32 Å². The molecule has 0 spiro atoms. The van der Waals surface area contributed by atoms with Gasteiger partial charge in [-0.25, -0.2) is 0 Å². The first-order valence-corrected chi connectivity index (χ1v) is 10.6. The van der Waals surface area contributed by atoms with E-state index in [4.69, 9.17) is 0 Å². The fraction of sp³-hybridized carbons (Fsp3) is 0.440. The Hall–Kier alpha value is -2.62. The highest BCUT2D eigenvalue weighted by atomic mass is 16.2. The van der Waals surface area contributed by atoms with Crippen LogP contribution in [0.4, 0.5) is 0 Å². The fourth-order valence-electron chi connectivity index (χ4n) is 3.40. The van der Waals surface area contributed by atoms with E-state index in [1.807, 2.05) is 71.0 Å². The van der Waals surface area contributed by atoms with Crippen molar-refractivity contribution < 1.29 is 9.59 Å². The molecular formula is C25H34N2O2. The molecule has 156 valence electrons. The summed E-state index contributed by atoms with van der Waals surface area (Å²) in [6.45, 7) is 10.5. The van der Waals surface area contributed by atoms with Gasteiger partial charge in [-0.15, -0.1) is 0 Å². The Morgan fingerprint density at radius 2 is 1.69 bits per heavy atom. The van der Waals surface area contributed by atoms with E-state index in [0.29, 0.717) is 19.4 Å². The van der Waals surface area contributed by atoms with E-state index in [2.05, 4.69) is 17.4 Å². The summed E-state index contributed by atoms with van der Waals surface area (Å²) in [5.74, 6) is -0.0965. The number of benzene rings is 2. The van der Waals surface area contributed by atoms with Crippen molar-refractivity contribution in [3.05, 3.63) is 70.8 Å². The van der Waals surface area contributed by atoms with Gasteiger partial charge in [0, 0.05) is 12.6 Å². The molecule has 0 aliphatic heterocycles. The van der Waals surface area contributed by atoms with E-state index in [1.54, 1.807) is 4.90 Å². The van der Waals surface area contributed by atoms with E-state index in [-0.39, 0.29) is 17.9 Å². The molecule has 2 atom stereocenters. The maximum Gasteiger partial charge on any atom is 0.243 e. The number of nitrogens with one attached hydrogen (secondary N) is 1. The first kappa shape index (κ1) is 22.7. The van der Waals surface area contributed by atoms with Crippen LogP contribution in [0.15, 0.2) is 48.5 Å². The van der Waals surface area contributed by atoms with Gasteiger partial charge in [0.2, 0.25) is 11.8 Å². The lowest BCUT2D eigenvalue weighted by Crippen LogP contribution is -2.51. The molecule has 0 aromatic heterocycles. The first-order valence-electron chi connectivity index (χ1n) is 10.6. The van der Waals surface area contributed by atoms with Crippen LogP contribution in [0.3, 0.4) is 0 Å². The molecule has 2 amide bonds. The summed E-state index contributed by atoms with van der Waals surface area (Å²) in [6, 6.07) is 15.6. The summed E-state index contributed by atoms with van der Waals surface area (Å²) in [5, 5.41) is 3.05. The molecule has 2 aromatic rings. The van der Waals surface area contributed by atoms with Crippen LogP contribution in [0.1, 0.15) is 55.9 Å². The highest BCUT2D eigenvalue weighted by molar-refractivity contribution is 5.88. The zero-order valence-corrected chi connectivity index (χ0v) is 18.4. The zero-order chi connectivity index (χ0) is 21.4. The average Bonchev–Trinajstić information content (AvgIpc) is 2.71. The number of hydrogen-bond acceptors (Lipinski definition) is 2. The molecule has 0 radical (unpaired) electrons. The van der Waals surface area contributed by atoms with Crippen LogP contribution in [0, 0.1) is 13.8 Å². The second-order valence-electron chi connectivity index (χ2n) is 7.86. The van der Waals surface area contributed by atoms with E-state index in [0.717, 1.165) is 28.7 Å². The standard InChI is InChI=1S/C25H34N2O2/c1-6-20(5)26-25(29)23(7-2)27(17-21-11-9-8-10-12-21)24(28)16-22-15-18(3)13-14-19(22)4/h8-15,20,23H,6-7,16-17H2,1-5H3,(H,26,29)/t20-,23-/m0/s1. The van der Waals surface area contributed by atoms with Crippen LogP contribution in [0.25, 0.3) is 0 Å². The van der Waals surface area contributed by atoms with Crippen molar-refractivity contribution in [2.75, 3.05) is 0 Å². The number of hydrogen-bond donors (Lipinski definition) is 1. The number of aryl methyl sites for hydroxylation is 2. The van der Waals surface area contributed by atoms with Crippen LogP contribution >= 0.6 is 0 Å². The van der Waals surface area contributed by atoms with E-state index in [1.165, 1.54) is 0 Å². The van der Waals surface area contributed by atoms with Gasteiger partial charge in [-0.05, 0) is 50.3 Å². The minimum atomic E-state index is -0.484. The third-order valence-electron chi connectivity index (χ3n) is 5.43. The van der Waals surface area contributed by atoms with Crippen molar-refractivity contribution in [3.8, 4) is 0 Å². The second kappa shape index (κ2) is 10.8. The molecule has 4 heteroatoms. The minimum absolute atomic E-state index is 0.0197.